The minimum atomic E-state index is -0.613. The number of halogens is 1. The van der Waals surface area contributed by atoms with Crippen LogP contribution < -0.4 is 11.2 Å². The standard InChI is InChI=1S/C10H9FN2O3/c11-6-1-2-8-7(5-6)9(15)13(3-4-14)10(16)12-8/h1-2,5,14H,3-4H2,(H,12,16). The highest BCUT2D eigenvalue weighted by molar-refractivity contribution is 5.77. The summed E-state index contributed by atoms with van der Waals surface area (Å²) in [4.78, 5) is 25.6. The number of benzene rings is 1. The highest BCUT2D eigenvalue weighted by Crippen LogP contribution is 2.06. The first-order valence-corrected chi connectivity index (χ1v) is 4.66. The van der Waals surface area contributed by atoms with E-state index in [2.05, 4.69) is 4.98 Å². The van der Waals surface area contributed by atoms with Crippen molar-refractivity contribution >= 4 is 10.9 Å². The average molecular weight is 224 g/mol. The molecule has 2 rings (SSSR count). The highest BCUT2D eigenvalue weighted by atomic mass is 19.1. The van der Waals surface area contributed by atoms with Crippen molar-refractivity contribution in [3.63, 3.8) is 0 Å². The van der Waals surface area contributed by atoms with Gasteiger partial charge in [-0.25, -0.2) is 9.18 Å². The summed E-state index contributed by atoms with van der Waals surface area (Å²) in [7, 11) is 0. The second-order valence-corrected chi connectivity index (χ2v) is 3.30. The van der Waals surface area contributed by atoms with Crippen LogP contribution in [0.1, 0.15) is 0 Å². The summed E-state index contributed by atoms with van der Waals surface area (Å²) in [5.74, 6) is -0.549. The summed E-state index contributed by atoms with van der Waals surface area (Å²) < 4.78 is 13.8. The maximum absolute atomic E-state index is 12.9. The summed E-state index contributed by atoms with van der Waals surface area (Å²) in [6, 6.07) is 3.55. The zero-order valence-corrected chi connectivity index (χ0v) is 8.24. The Bertz CT molecular complexity index is 645. The molecule has 0 aliphatic rings. The van der Waals surface area contributed by atoms with Gasteiger partial charge in [0.15, 0.2) is 0 Å². The number of H-pyrrole nitrogens is 1. The van der Waals surface area contributed by atoms with Crippen molar-refractivity contribution in [1.82, 2.24) is 9.55 Å². The molecule has 1 aromatic heterocycles. The largest absolute Gasteiger partial charge is 0.395 e. The Morgan fingerprint density at radius 3 is 2.81 bits per heavy atom. The van der Waals surface area contributed by atoms with Crippen molar-refractivity contribution in [2.45, 2.75) is 6.54 Å². The van der Waals surface area contributed by atoms with Crippen LogP contribution in [0.2, 0.25) is 0 Å². The first-order valence-electron chi connectivity index (χ1n) is 4.66. The molecule has 0 fully saturated rings. The smallest absolute Gasteiger partial charge is 0.328 e. The van der Waals surface area contributed by atoms with E-state index in [0.29, 0.717) is 0 Å². The van der Waals surface area contributed by atoms with E-state index in [4.69, 9.17) is 5.11 Å². The molecule has 0 aliphatic carbocycles. The average Bonchev–Trinajstić information content (AvgIpc) is 2.26. The molecule has 0 saturated carbocycles. The molecule has 0 bridgehead atoms. The lowest BCUT2D eigenvalue weighted by Gasteiger charge is -2.04. The number of aromatic amines is 1. The monoisotopic (exact) mass is 224 g/mol. The van der Waals surface area contributed by atoms with E-state index >= 15 is 0 Å². The Morgan fingerprint density at radius 2 is 2.12 bits per heavy atom. The van der Waals surface area contributed by atoms with Crippen LogP contribution in [0.15, 0.2) is 27.8 Å². The Labute approximate surface area is 88.8 Å². The van der Waals surface area contributed by atoms with Crippen molar-refractivity contribution in [2.75, 3.05) is 6.61 Å². The lowest BCUT2D eigenvalue weighted by Crippen LogP contribution is -2.36. The first kappa shape index (κ1) is 10.6. The number of rotatable bonds is 2. The van der Waals surface area contributed by atoms with Crippen LogP contribution in [-0.4, -0.2) is 21.3 Å². The van der Waals surface area contributed by atoms with Gasteiger partial charge in [0.05, 0.1) is 24.1 Å². The normalized spacial score (nSPS) is 10.9. The molecule has 6 heteroatoms. The number of nitrogens with one attached hydrogen (secondary N) is 1. The van der Waals surface area contributed by atoms with Crippen LogP contribution in [0.4, 0.5) is 4.39 Å². The molecule has 0 unspecified atom stereocenters. The van der Waals surface area contributed by atoms with Crippen LogP contribution in [0, 0.1) is 5.82 Å². The number of aliphatic hydroxyl groups excluding tert-OH is 1. The molecule has 2 N–H and O–H groups in total. The SMILES string of the molecule is O=c1[nH]c2ccc(F)cc2c(=O)n1CCO. The Hall–Kier alpha value is -1.95. The summed E-state index contributed by atoms with van der Waals surface area (Å²) in [5.41, 5.74) is -0.934. The lowest BCUT2D eigenvalue weighted by molar-refractivity contribution is 0.272. The molecule has 0 atom stereocenters. The molecule has 1 heterocycles. The third-order valence-corrected chi connectivity index (χ3v) is 2.27. The molecule has 0 aliphatic heterocycles. The highest BCUT2D eigenvalue weighted by Gasteiger charge is 2.07. The third-order valence-electron chi connectivity index (χ3n) is 2.27. The van der Waals surface area contributed by atoms with Crippen LogP contribution in [-0.2, 0) is 6.54 Å². The van der Waals surface area contributed by atoms with E-state index in [1.807, 2.05) is 0 Å². The van der Waals surface area contributed by atoms with Crippen LogP contribution in [0.25, 0.3) is 10.9 Å². The summed E-state index contributed by atoms with van der Waals surface area (Å²) >= 11 is 0. The fraction of sp³-hybridized carbons (Fsp3) is 0.200. The van der Waals surface area contributed by atoms with Crippen molar-refractivity contribution in [3.05, 3.63) is 44.9 Å². The van der Waals surface area contributed by atoms with Gasteiger partial charge in [-0.05, 0) is 18.2 Å². The molecular weight excluding hydrogens is 215 g/mol. The van der Waals surface area contributed by atoms with Crippen molar-refractivity contribution in [2.24, 2.45) is 0 Å². The van der Waals surface area contributed by atoms with Gasteiger partial charge in [-0.2, -0.15) is 0 Å². The number of hydrogen-bond acceptors (Lipinski definition) is 3. The predicted octanol–water partition coefficient (Wildman–Crippen LogP) is -0.179. The van der Waals surface area contributed by atoms with Crippen molar-refractivity contribution in [3.8, 4) is 0 Å². The van der Waals surface area contributed by atoms with Gasteiger partial charge in [0, 0.05) is 0 Å². The lowest BCUT2D eigenvalue weighted by atomic mass is 10.2. The van der Waals surface area contributed by atoms with Crippen molar-refractivity contribution in [1.29, 1.82) is 0 Å². The fourth-order valence-corrected chi connectivity index (χ4v) is 1.53. The zero-order valence-electron chi connectivity index (χ0n) is 8.24. The van der Waals surface area contributed by atoms with Gasteiger partial charge in [-0.15, -0.1) is 0 Å². The van der Waals surface area contributed by atoms with Gasteiger partial charge in [0.1, 0.15) is 5.82 Å². The van der Waals surface area contributed by atoms with Gasteiger partial charge in [0.2, 0.25) is 0 Å². The molecule has 0 amide bonds. The van der Waals surface area contributed by atoms with Crippen molar-refractivity contribution < 1.29 is 9.50 Å². The molecule has 0 saturated heterocycles. The Balaban J connectivity index is 2.85. The third kappa shape index (κ3) is 1.63. The molecule has 16 heavy (non-hydrogen) atoms. The molecule has 5 nitrogen and oxygen atoms in total. The number of aliphatic hydroxyl groups is 1. The minimum absolute atomic E-state index is 0.0908. The number of aromatic nitrogens is 2. The predicted molar refractivity (Wildman–Crippen MR) is 55.9 cm³/mol. The molecular formula is C10H9FN2O3. The molecule has 0 spiro atoms. The molecule has 0 radical (unpaired) electrons. The van der Waals surface area contributed by atoms with E-state index in [9.17, 15) is 14.0 Å². The van der Waals surface area contributed by atoms with Crippen LogP contribution in [0.3, 0.4) is 0 Å². The minimum Gasteiger partial charge on any atom is -0.395 e. The van der Waals surface area contributed by atoms with Crippen LogP contribution in [0.5, 0.6) is 0 Å². The summed E-state index contributed by atoms with van der Waals surface area (Å²) in [5, 5.41) is 8.80. The maximum Gasteiger partial charge on any atom is 0.328 e. The van der Waals surface area contributed by atoms with E-state index in [1.165, 1.54) is 6.07 Å². The van der Waals surface area contributed by atoms with Gasteiger partial charge in [-0.3, -0.25) is 9.36 Å². The van der Waals surface area contributed by atoms with E-state index in [1.54, 1.807) is 0 Å². The van der Waals surface area contributed by atoms with Gasteiger partial charge < -0.3 is 10.1 Å². The summed E-state index contributed by atoms with van der Waals surface area (Å²) in [6.45, 7) is -0.440. The fourth-order valence-electron chi connectivity index (χ4n) is 1.53. The van der Waals surface area contributed by atoms with Gasteiger partial charge in [0.25, 0.3) is 5.56 Å². The van der Waals surface area contributed by atoms with E-state index < -0.39 is 17.1 Å². The number of hydrogen-bond donors (Lipinski definition) is 2. The van der Waals surface area contributed by atoms with Gasteiger partial charge >= 0.3 is 5.69 Å². The number of fused-ring (bicyclic) bond motifs is 1. The first-order chi connectivity index (χ1) is 7.63. The summed E-state index contributed by atoms with van der Waals surface area (Å²) in [6.07, 6.45) is 0. The Kier molecular flexibility index (Phi) is 2.57. The second-order valence-electron chi connectivity index (χ2n) is 3.30. The van der Waals surface area contributed by atoms with Crippen LogP contribution >= 0.6 is 0 Å². The van der Waals surface area contributed by atoms with E-state index in [0.717, 1.165) is 16.7 Å². The Morgan fingerprint density at radius 1 is 1.38 bits per heavy atom. The molecule has 1 aromatic carbocycles. The number of nitrogens with zero attached hydrogens (tertiary/aromatic N) is 1. The molecule has 2 aromatic rings. The molecule has 84 valence electrons. The topological polar surface area (TPSA) is 75.1 Å². The quantitative estimate of drug-likeness (QED) is 0.743. The zero-order chi connectivity index (χ0) is 11.7. The van der Waals surface area contributed by atoms with Gasteiger partial charge in [-0.1, -0.05) is 0 Å². The van der Waals surface area contributed by atoms with E-state index in [-0.39, 0.29) is 24.1 Å². The maximum atomic E-state index is 12.9. The second kappa shape index (κ2) is 3.90.